The van der Waals surface area contributed by atoms with Gasteiger partial charge in [0, 0.05) is 17.3 Å². The zero-order valence-corrected chi connectivity index (χ0v) is 11.9. The molecule has 22 heavy (non-hydrogen) atoms. The minimum Gasteiger partial charge on any atom is -0.382 e. The van der Waals surface area contributed by atoms with E-state index in [0.29, 0.717) is 12.2 Å². The Morgan fingerprint density at radius 1 is 1.23 bits per heavy atom. The number of rotatable bonds is 3. The van der Waals surface area contributed by atoms with Crippen molar-refractivity contribution in [2.24, 2.45) is 5.92 Å². The average Bonchev–Trinajstić information content (AvgIpc) is 3.01. The highest BCUT2D eigenvalue weighted by molar-refractivity contribution is 5.62. The second-order valence-corrected chi connectivity index (χ2v) is 5.66. The molecule has 0 aliphatic heterocycles. The number of aromatic amines is 1. The molecule has 7 heteroatoms. The summed E-state index contributed by atoms with van der Waals surface area (Å²) < 4.78 is 38.6. The van der Waals surface area contributed by atoms with Gasteiger partial charge in [-0.3, -0.25) is 5.10 Å². The van der Waals surface area contributed by atoms with E-state index in [1.807, 2.05) is 24.3 Å². The van der Waals surface area contributed by atoms with Crippen LogP contribution in [-0.4, -0.2) is 27.4 Å². The van der Waals surface area contributed by atoms with Crippen molar-refractivity contribution in [3.8, 4) is 11.4 Å². The van der Waals surface area contributed by atoms with Crippen molar-refractivity contribution in [3.05, 3.63) is 30.6 Å². The number of benzene rings is 1. The lowest BCUT2D eigenvalue weighted by Gasteiger charge is -2.31. The quantitative estimate of drug-likeness (QED) is 0.901. The van der Waals surface area contributed by atoms with Crippen LogP contribution in [0.15, 0.2) is 30.6 Å². The van der Waals surface area contributed by atoms with E-state index in [-0.39, 0.29) is 18.9 Å². The lowest BCUT2D eigenvalue weighted by molar-refractivity contribution is -0.182. The SMILES string of the molecule is FC(F)(F)[C@H]1CCC[C@H](Nc2cccc(-c3ncn[nH]3)c2)C1. The molecule has 1 heterocycles. The molecule has 0 bridgehead atoms. The Kier molecular flexibility index (Phi) is 4.04. The van der Waals surface area contributed by atoms with E-state index in [1.54, 1.807) is 0 Å². The van der Waals surface area contributed by atoms with Crippen LogP contribution in [0.3, 0.4) is 0 Å². The zero-order chi connectivity index (χ0) is 15.6. The molecule has 1 aliphatic rings. The Balaban J connectivity index is 1.69. The zero-order valence-electron chi connectivity index (χ0n) is 11.9. The number of nitrogens with one attached hydrogen (secondary N) is 2. The van der Waals surface area contributed by atoms with Crippen molar-refractivity contribution in [1.29, 1.82) is 0 Å². The Labute approximate surface area is 126 Å². The van der Waals surface area contributed by atoms with Gasteiger partial charge in [0.2, 0.25) is 0 Å². The number of hydrogen-bond donors (Lipinski definition) is 2. The van der Waals surface area contributed by atoms with Crippen molar-refractivity contribution >= 4 is 5.69 Å². The van der Waals surface area contributed by atoms with E-state index in [4.69, 9.17) is 0 Å². The molecule has 4 nitrogen and oxygen atoms in total. The number of nitrogens with zero attached hydrogens (tertiary/aromatic N) is 2. The number of aromatic nitrogens is 3. The van der Waals surface area contributed by atoms with Crippen molar-refractivity contribution in [3.63, 3.8) is 0 Å². The van der Waals surface area contributed by atoms with Gasteiger partial charge in [-0.15, -0.1) is 0 Å². The minimum atomic E-state index is -4.10. The molecule has 1 fully saturated rings. The van der Waals surface area contributed by atoms with Crippen LogP contribution >= 0.6 is 0 Å². The smallest absolute Gasteiger partial charge is 0.382 e. The molecule has 1 aromatic heterocycles. The molecule has 118 valence electrons. The number of anilines is 1. The summed E-state index contributed by atoms with van der Waals surface area (Å²) in [5, 5.41) is 9.80. The van der Waals surface area contributed by atoms with Crippen LogP contribution < -0.4 is 5.32 Å². The monoisotopic (exact) mass is 310 g/mol. The van der Waals surface area contributed by atoms with Crippen molar-refractivity contribution in [2.75, 3.05) is 5.32 Å². The molecule has 2 aromatic rings. The number of hydrogen-bond acceptors (Lipinski definition) is 3. The topological polar surface area (TPSA) is 53.6 Å². The molecule has 0 amide bonds. The van der Waals surface area contributed by atoms with Gasteiger partial charge < -0.3 is 5.32 Å². The molecule has 0 radical (unpaired) electrons. The molecule has 3 rings (SSSR count). The number of halogens is 3. The molecular formula is C15H17F3N4. The summed E-state index contributed by atoms with van der Waals surface area (Å²) in [5.41, 5.74) is 1.66. The fraction of sp³-hybridized carbons (Fsp3) is 0.467. The van der Waals surface area contributed by atoms with Crippen molar-refractivity contribution in [2.45, 2.75) is 37.9 Å². The van der Waals surface area contributed by atoms with Crippen LogP contribution in [0.1, 0.15) is 25.7 Å². The molecule has 2 N–H and O–H groups in total. The predicted octanol–water partition coefficient (Wildman–Crippen LogP) is 4.00. The molecule has 0 unspecified atom stereocenters. The van der Waals surface area contributed by atoms with Gasteiger partial charge in [0.05, 0.1) is 5.92 Å². The molecule has 0 saturated heterocycles. The predicted molar refractivity (Wildman–Crippen MR) is 77.2 cm³/mol. The fourth-order valence-corrected chi connectivity index (χ4v) is 2.95. The standard InChI is InChI=1S/C15H17F3N4/c16-15(17,18)11-4-2-6-13(8-11)21-12-5-1-3-10(7-12)14-19-9-20-22-14/h1,3,5,7,9,11,13,21H,2,4,6,8H2,(H,19,20,22)/t11-,13-/m0/s1. The second kappa shape index (κ2) is 5.98. The average molecular weight is 310 g/mol. The van der Waals surface area contributed by atoms with Gasteiger partial charge in [0.1, 0.15) is 6.33 Å². The summed E-state index contributed by atoms with van der Waals surface area (Å²) in [6.07, 6.45) is -0.939. The molecule has 2 atom stereocenters. The highest BCUT2D eigenvalue weighted by Gasteiger charge is 2.42. The van der Waals surface area contributed by atoms with Gasteiger partial charge in [-0.1, -0.05) is 18.6 Å². The summed E-state index contributed by atoms with van der Waals surface area (Å²) in [6, 6.07) is 7.31. The van der Waals surface area contributed by atoms with E-state index in [0.717, 1.165) is 17.7 Å². The van der Waals surface area contributed by atoms with Gasteiger partial charge >= 0.3 is 6.18 Å². The second-order valence-electron chi connectivity index (χ2n) is 5.66. The molecule has 1 aromatic carbocycles. The Morgan fingerprint density at radius 2 is 2.09 bits per heavy atom. The van der Waals surface area contributed by atoms with Gasteiger partial charge in [0.25, 0.3) is 0 Å². The maximum Gasteiger partial charge on any atom is 0.391 e. The summed E-state index contributed by atoms with van der Waals surface area (Å²) in [7, 11) is 0. The summed E-state index contributed by atoms with van der Waals surface area (Å²) in [5.74, 6) is -0.559. The van der Waals surface area contributed by atoms with Gasteiger partial charge in [-0.2, -0.15) is 18.3 Å². The van der Waals surface area contributed by atoms with Crippen molar-refractivity contribution in [1.82, 2.24) is 15.2 Å². The molecule has 1 saturated carbocycles. The molecule has 1 aliphatic carbocycles. The molecule has 0 spiro atoms. The Hall–Kier alpha value is -2.05. The minimum absolute atomic E-state index is 0.135. The van der Waals surface area contributed by atoms with E-state index in [1.165, 1.54) is 6.33 Å². The highest BCUT2D eigenvalue weighted by Crippen LogP contribution is 2.38. The summed E-state index contributed by atoms with van der Waals surface area (Å²) >= 11 is 0. The highest BCUT2D eigenvalue weighted by atomic mass is 19.4. The van der Waals surface area contributed by atoms with E-state index >= 15 is 0 Å². The van der Waals surface area contributed by atoms with Crippen molar-refractivity contribution < 1.29 is 13.2 Å². The number of alkyl halides is 3. The fourth-order valence-electron chi connectivity index (χ4n) is 2.95. The van der Waals surface area contributed by atoms with Crippen LogP contribution in [0.5, 0.6) is 0 Å². The molecular weight excluding hydrogens is 293 g/mol. The first kappa shape index (κ1) is 14.9. The summed E-state index contributed by atoms with van der Waals surface area (Å²) in [4.78, 5) is 4.08. The maximum absolute atomic E-state index is 12.9. The lowest BCUT2D eigenvalue weighted by atomic mass is 9.85. The lowest BCUT2D eigenvalue weighted by Crippen LogP contribution is -2.34. The van der Waals surface area contributed by atoms with Crippen LogP contribution in [0, 0.1) is 5.92 Å². The van der Waals surface area contributed by atoms with Gasteiger partial charge in [-0.05, 0) is 31.4 Å². The van der Waals surface area contributed by atoms with E-state index in [2.05, 4.69) is 20.5 Å². The first-order chi connectivity index (χ1) is 10.5. The third-order valence-corrected chi connectivity index (χ3v) is 4.06. The largest absolute Gasteiger partial charge is 0.391 e. The van der Waals surface area contributed by atoms with Crippen LogP contribution in [0.25, 0.3) is 11.4 Å². The Bertz CT molecular complexity index is 610. The first-order valence-corrected chi connectivity index (χ1v) is 7.31. The summed E-state index contributed by atoms with van der Waals surface area (Å²) in [6.45, 7) is 0. The third kappa shape index (κ3) is 3.40. The Morgan fingerprint density at radius 3 is 2.82 bits per heavy atom. The maximum atomic E-state index is 12.9. The normalized spacial score (nSPS) is 22.5. The number of H-pyrrole nitrogens is 1. The third-order valence-electron chi connectivity index (χ3n) is 4.06. The first-order valence-electron chi connectivity index (χ1n) is 7.31. The van der Waals surface area contributed by atoms with Crippen LogP contribution in [0.2, 0.25) is 0 Å². The van der Waals surface area contributed by atoms with Crippen LogP contribution in [-0.2, 0) is 0 Å². The van der Waals surface area contributed by atoms with E-state index < -0.39 is 12.1 Å². The van der Waals surface area contributed by atoms with Gasteiger partial charge in [0.15, 0.2) is 5.82 Å². The van der Waals surface area contributed by atoms with Crippen LogP contribution in [0.4, 0.5) is 18.9 Å². The van der Waals surface area contributed by atoms with Gasteiger partial charge in [-0.25, -0.2) is 4.98 Å². The van der Waals surface area contributed by atoms with E-state index in [9.17, 15) is 13.2 Å².